The second-order valence-corrected chi connectivity index (χ2v) is 5.00. The van der Waals surface area contributed by atoms with E-state index in [0.29, 0.717) is 36.1 Å². The number of rotatable bonds is 5. The van der Waals surface area contributed by atoms with E-state index >= 15 is 0 Å². The Morgan fingerprint density at radius 2 is 2.20 bits per heavy atom. The Morgan fingerprint density at radius 3 is 2.85 bits per heavy atom. The summed E-state index contributed by atoms with van der Waals surface area (Å²) in [7, 11) is 0. The molecule has 1 N–H and O–H groups in total. The van der Waals surface area contributed by atoms with Crippen molar-refractivity contribution in [2.45, 2.75) is 26.7 Å². The smallest absolute Gasteiger partial charge is 0.228 e. The molecule has 0 aliphatic heterocycles. The fourth-order valence-corrected chi connectivity index (χ4v) is 1.95. The molecule has 2 aromatic rings. The van der Waals surface area contributed by atoms with E-state index in [2.05, 4.69) is 15.5 Å². The van der Waals surface area contributed by atoms with Crippen molar-refractivity contribution in [2.24, 2.45) is 0 Å². The van der Waals surface area contributed by atoms with Crippen molar-refractivity contribution in [3.8, 4) is 0 Å². The van der Waals surface area contributed by atoms with Gasteiger partial charge >= 0.3 is 0 Å². The Balaban J connectivity index is 1.79. The van der Waals surface area contributed by atoms with Crippen molar-refractivity contribution in [1.82, 2.24) is 15.5 Å². The van der Waals surface area contributed by atoms with Crippen molar-refractivity contribution in [1.29, 1.82) is 0 Å². The number of aromatic nitrogens is 2. The van der Waals surface area contributed by atoms with E-state index in [1.54, 1.807) is 6.92 Å². The third-order valence-corrected chi connectivity index (χ3v) is 3.24. The molecule has 0 aliphatic rings. The number of carbonyl (C=O) groups is 1. The zero-order valence-electron chi connectivity index (χ0n) is 11.4. The maximum atomic E-state index is 11.8. The number of benzene rings is 1. The van der Waals surface area contributed by atoms with Crippen LogP contribution in [0, 0.1) is 13.8 Å². The van der Waals surface area contributed by atoms with E-state index in [1.807, 2.05) is 25.1 Å². The molecule has 0 saturated heterocycles. The fraction of sp³-hybridized carbons (Fsp3) is 0.357. The lowest BCUT2D eigenvalue weighted by Crippen LogP contribution is -2.27. The standard InChI is InChI=1S/C14H16ClN3O2/c1-9-3-4-11(7-12(9)15)8-13(19)16-6-5-14-17-10(2)18-20-14/h3-4,7H,5-6,8H2,1-2H3,(H,16,19). The van der Waals surface area contributed by atoms with Crippen LogP contribution in [0.4, 0.5) is 0 Å². The van der Waals surface area contributed by atoms with Gasteiger partial charge in [0.15, 0.2) is 5.82 Å². The van der Waals surface area contributed by atoms with Gasteiger partial charge in [0.25, 0.3) is 0 Å². The summed E-state index contributed by atoms with van der Waals surface area (Å²) in [5.74, 6) is 1.07. The van der Waals surface area contributed by atoms with Crippen LogP contribution in [-0.4, -0.2) is 22.6 Å². The Morgan fingerprint density at radius 1 is 1.40 bits per heavy atom. The van der Waals surface area contributed by atoms with Gasteiger partial charge in [-0.05, 0) is 31.0 Å². The SMILES string of the molecule is Cc1noc(CCNC(=O)Cc2ccc(C)c(Cl)c2)n1. The van der Waals surface area contributed by atoms with Gasteiger partial charge in [-0.25, -0.2) is 0 Å². The summed E-state index contributed by atoms with van der Waals surface area (Å²) in [5, 5.41) is 7.18. The highest BCUT2D eigenvalue weighted by molar-refractivity contribution is 6.31. The average Bonchev–Trinajstić information content (AvgIpc) is 2.80. The van der Waals surface area contributed by atoms with Crippen LogP contribution in [-0.2, 0) is 17.6 Å². The first-order chi connectivity index (χ1) is 9.54. The second-order valence-electron chi connectivity index (χ2n) is 4.60. The first kappa shape index (κ1) is 14.5. The molecule has 20 heavy (non-hydrogen) atoms. The number of carbonyl (C=O) groups excluding carboxylic acids is 1. The molecule has 0 atom stereocenters. The number of hydrogen-bond donors (Lipinski definition) is 1. The Labute approximate surface area is 122 Å². The maximum Gasteiger partial charge on any atom is 0.228 e. The van der Waals surface area contributed by atoms with Crippen LogP contribution in [0.1, 0.15) is 22.8 Å². The Bertz CT molecular complexity index is 610. The third kappa shape index (κ3) is 4.06. The number of nitrogens with one attached hydrogen (secondary N) is 1. The van der Waals surface area contributed by atoms with Gasteiger partial charge in [-0.1, -0.05) is 28.9 Å². The van der Waals surface area contributed by atoms with E-state index in [-0.39, 0.29) is 5.91 Å². The lowest BCUT2D eigenvalue weighted by molar-refractivity contribution is -0.120. The van der Waals surface area contributed by atoms with Gasteiger partial charge in [0.2, 0.25) is 11.8 Å². The highest BCUT2D eigenvalue weighted by Crippen LogP contribution is 2.16. The Hall–Kier alpha value is -1.88. The molecule has 1 aromatic heterocycles. The van der Waals surface area contributed by atoms with Crippen LogP contribution in [0.25, 0.3) is 0 Å². The predicted octanol–water partition coefficient (Wildman–Crippen LogP) is 2.24. The molecule has 1 amide bonds. The first-order valence-electron chi connectivity index (χ1n) is 6.35. The third-order valence-electron chi connectivity index (χ3n) is 2.83. The van der Waals surface area contributed by atoms with Gasteiger partial charge in [0.1, 0.15) is 0 Å². The molecule has 2 rings (SSSR count). The molecule has 1 aromatic carbocycles. The molecular weight excluding hydrogens is 278 g/mol. The van der Waals surface area contributed by atoms with E-state index in [1.165, 1.54) is 0 Å². The highest BCUT2D eigenvalue weighted by atomic mass is 35.5. The van der Waals surface area contributed by atoms with E-state index in [9.17, 15) is 4.79 Å². The lowest BCUT2D eigenvalue weighted by atomic mass is 10.1. The maximum absolute atomic E-state index is 11.8. The molecule has 0 unspecified atom stereocenters. The van der Waals surface area contributed by atoms with Gasteiger partial charge in [0.05, 0.1) is 6.42 Å². The molecule has 0 spiro atoms. The number of nitrogens with zero attached hydrogens (tertiary/aromatic N) is 2. The minimum Gasteiger partial charge on any atom is -0.355 e. The van der Waals surface area contributed by atoms with Crippen molar-refractivity contribution < 1.29 is 9.32 Å². The Kier molecular flexibility index (Phi) is 4.74. The van der Waals surface area contributed by atoms with Crippen LogP contribution in [0.3, 0.4) is 0 Å². The topological polar surface area (TPSA) is 68.0 Å². The van der Waals surface area contributed by atoms with Crippen LogP contribution >= 0.6 is 11.6 Å². The molecule has 0 fully saturated rings. The summed E-state index contributed by atoms with van der Waals surface area (Å²) < 4.78 is 4.96. The summed E-state index contributed by atoms with van der Waals surface area (Å²) in [6.45, 7) is 4.16. The zero-order chi connectivity index (χ0) is 14.5. The number of aryl methyl sites for hydroxylation is 2. The minimum absolute atomic E-state index is 0.0545. The summed E-state index contributed by atoms with van der Waals surface area (Å²) in [4.78, 5) is 15.8. The van der Waals surface area contributed by atoms with Crippen molar-refractivity contribution >= 4 is 17.5 Å². The number of halogens is 1. The van der Waals surface area contributed by atoms with Crippen LogP contribution in [0.5, 0.6) is 0 Å². The van der Waals surface area contributed by atoms with Gasteiger partial charge in [-0.2, -0.15) is 4.98 Å². The van der Waals surface area contributed by atoms with Gasteiger partial charge in [-0.15, -0.1) is 0 Å². The summed E-state index contributed by atoms with van der Waals surface area (Å²) in [5.41, 5.74) is 1.90. The van der Waals surface area contributed by atoms with E-state index in [0.717, 1.165) is 11.1 Å². The largest absolute Gasteiger partial charge is 0.355 e. The molecule has 0 bridgehead atoms. The van der Waals surface area contributed by atoms with Crippen molar-refractivity contribution in [2.75, 3.05) is 6.54 Å². The normalized spacial score (nSPS) is 10.6. The highest BCUT2D eigenvalue weighted by Gasteiger charge is 2.06. The summed E-state index contributed by atoms with van der Waals surface area (Å²) in [6.07, 6.45) is 0.837. The minimum atomic E-state index is -0.0545. The zero-order valence-corrected chi connectivity index (χ0v) is 12.2. The quantitative estimate of drug-likeness (QED) is 0.918. The molecule has 5 nitrogen and oxygen atoms in total. The predicted molar refractivity (Wildman–Crippen MR) is 75.6 cm³/mol. The number of amides is 1. The molecule has 0 aliphatic carbocycles. The molecule has 0 saturated carbocycles. The molecule has 0 radical (unpaired) electrons. The molecular formula is C14H16ClN3O2. The van der Waals surface area contributed by atoms with Crippen molar-refractivity contribution in [3.63, 3.8) is 0 Å². The number of hydrogen-bond acceptors (Lipinski definition) is 4. The van der Waals surface area contributed by atoms with Gasteiger partial charge in [-0.3, -0.25) is 4.79 Å². The van der Waals surface area contributed by atoms with E-state index in [4.69, 9.17) is 16.1 Å². The first-order valence-corrected chi connectivity index (χ1v) is 6.73. The summed E-state index contributed by atoms with van der Waals surface area (Å²) >= 11 is 6.02. The lowest BCUT2D eigenvalue weighted by Gasteiger charge is -2.05. The second kappa shape index (κ2) is 6.52. The van der Waals surface area contributed by atoms with E-state index < -0.39 is 0 Å². The van der Waals surface area contributed by atoms with Crippen LogP contribution in [0.15, 0.2) is 22.7 Å². The molecule has 1 heterocycles. The monoisotopic (exact) mass is 293 g/mol. The van der Waals surface area contributed by atoms with Crippen molar-refractivity contribution in [3.05, 3.63) is 46.1 Å². The fourth-order valence-electron chi connectivity index (χ4n) is 1.74. The van der Waals surface area contributed by atoms with Crippen LogP contribution in [0.2, 0.25) is 5.02 Å². The van der Waals surface area contributed by atoms with Gasteiger partial charge in [0, 0.05) is 18.0 Å². The van der Waals surface area contributed by atoms with Crippen LogP contribution < -0.4 is 5.32 Å². The van der Waals surface area contributed by atoms with Gasteiger partial charge < -0.3 is 9.84 Å². The molecule has 6 heteroatoms. The average molecular weight is 294 g/mol. The molecule has 106 valence electrons. The summed E-state index contributed by atoms with van der Waals surface area (Å²) in [6, 6.07) is 5.63.